The highest BCUT2D eigenvalue weighted by molar-refractivity contribution is 4.86. The van der Waals surface area contributed by atoms with E-state index in [1.807, 2.05) is 0 Å². The zero-order valence-electron chi connectivity index (χ0n) is 7.96. The highest BCUT2D eigenvalue weighted by atomic mass is 16.7. The highest BCUT2D eigenvalue weighted by Crippen LogP contribution is 2.19. The molecule has 0 radical (unpaired) electrons. The Bertz CT molecular complexity index is 231. The molecule has 0 aliphatic carbocycles. The van der Waals surface area contributed by atoms with E-state index in [1.54, 1.807) is 0 Å². The molecule has 7 nitrogen and oxygen atoms in total. The van der Waals surface area contributed by atoms with E-state index in [9.17, 15) is 5.11 Å². The van der Waals surface area contributed by atoms with E-state index in [0.717, 1.165) is 0 Å². The van der Waals surface area contributed by atoms with E-state index >= 15 is 0 Å². The Morgan fingerprint density at radius 2 is 2.50 bits per heavy atom. The normalized spacial score (nSPS) is 37.6. The Morgan fingerprint density at radius 3 is 3.07 bits per heavy atom. The molecule has 0 bridgehead atoms. The van der Waals surface area contributed by atoms with Gasteiger partial charge in [-0.05, 0) is 0 Å². The van der Waals surface area contributed by atoms with Gasteiger partial charge in [-0.2, -0.15) is 0 Å². The average Bonchev–Trinajstić information content (AvgIpc) is 2.20. The van der Waals surface area contributed by atoms with Gasteiger partial charge in [-0.25, -0.2) is 0 Å². The summed E-state index contributed by atoms with van der Waals surface area (Å²) < 4.78 is 10.3. The molecule has 4 unspecified atom stereocenters. The molecule has 0 aromatic carbocycles. The van der Waals surface area contributed by atoms with Gasteiger partial charge in [-0.1, -0.05) is 0 Å². The number of rotatable bonds is 3. The van der Waals surface area contributed by atoms with E-state index in [4.69, 9.17) is 20.7 Å². The molecule has 4 atom stereocenters. The van der Waals surface area contributed by atoms with E-state index in [2.05, 4.69) is 10.0 Å². The first-order chi connectivity index (χ1) is 6.69. The van der Waals surface area contributed by atoms with E-state index in [1.165, 1.54) is 7.11 Å². The minimum atomic E-state index is -0.785. The number of hydrogen-bond acceptors (Lipinski definition) is 6. The predicted octanol–water partition coefficient (Wildman–Crippen LogP) is -1.01. The third-order valence-corrected chi connectivity index (χ3v) is 2.21. The molecule has 7 heteroatoms. The van der Waals surface area contributed by atoms with Crippen LogP contribution in [0.2, 0.25) is 0 Å². The van der Waals surface area contributed by atoms with Crippen molar-refractivity contribution in [2.24, 2.45) is 10.8 Å². The van der Waals surface area contributed by atoms with Gasteiger partial charge in [0.2, 0.25) is 4.91 Å². The maximum Gasteiger partial charge on any atom is 0.214 e. The summed E-state index contributed by atoms with van der Waals surface area (Å²) in [6.45, 7) is 0.123. The molecule has 1 saturated heterocycles. The Balaban J connectivity index is 2.57. The van der Waals surface area contributed by atoms with Crippen LogP contribution in [-0.4, -0.2) is 43.3 Å². The fraction of sp³-hybridized carbons (Fsp3) is 1.00. The summed E-state index contributed by atoms with van der Waals surface area (Å²) in [5, 5.41) is 13.1. The summed E-state index contributed by atoms with van der Waals surface area (Å²) in [5.41, 5.74) is 12.2. The third kappa shape index (κ3) is 2.57. The number of nitrogens with one attached hydrogen (secondary N) is 1. The van der Waals surface area contributed by atoms with Crippen molar-refractivity contribution in [2.45, 2.75) is 31.0 Å². The Labute approximate surface area is 81.4 Å². The van der Waals surface area contributed by atoms with Crippen LogP contribution in [0.25, 0.3) is 0 Å². The van der Waals surface area contributed by atoms with Gasteiger partial charge in [0, 0.05) is 19.6 Å². The zero-order chi connectivity index (χ0) is 10.6. The van der Waals surface area contributed by atoms with Gasteiger partial charge in [0.05, 0.1) is 6.10 Å². The lowest BCUT2D eigenvalue weighted by Crippen LogP contribution is -2.53. The smallest absolute Gasteiger partial charge is 0.214 e. The SMILES string of the molecule is COC1CC(N)C(O)C(CN=[N+]=N)O1. The van der Waals surface area contributed by atoms with Gasteiger partial charge in [-0.15, -0.1) is 0 Å². The summed E-state index contributed by atoms with van der Waals surface area (Å²) in [6, 6.07) is -0.389. The highest BCUT2D eigenvalue weighted by Gasteiger charge is 2.36. The van der Waals surface area contributed by atoms with Crippen molar-refractivity contribution in [1.29, 1.82) is 5.53 Å². The van der Waals surface area contributed by atoms with Crippen LogP contribution in [0.1, 0.15) is 6.42 Å². The topological polar surface area (TPSA) is 115 Å². The van der Waals surface area contributed by atoms with Gasteiger partial charge in [0.1, 0.15) is 16.7 Å². The molecule has 1 aliphatic heterocycles. The summed E-state index contributed by atoms with van der Waals surface area (Å²) in [5.74, 6) is 0. The molecule has 1 heterocycles. The summed E-state index contributed by atoms with van der Waals surface area (Å²) >= 11 is 0. The molecule has 0 aromatic heterocycles. The summed E-state index contributed by atoms with van der Waals surface area (Å²) in [6.07, 6.45) is -1.30. The molecular formula is C7H15N4O3+. The molecular weight excluding hydrogens is 188 g/mol. The first-order valence-corrected chi connectivity index (χ1v) is 4.34. The van der Waals surface area contributed by atoms with Crippen molar-refractivity contribution in [3.63, 3.8) is 0 Å². The van der Waals surface area contributed by atoms with Gasteiger partial charge >= 0.3 is 0 Å². The molecule has 0 spiro atoms. The van der Waals surface area contributed by atoms with Crippen molar-refractivity contribution in [1.82, 2.24) is 4.91 Å². The van der Waals surface area contributed by atoms with Gasteiger partial charge in [-0.3, -0.25) is 0 Å². The van der Waals surface area contributed by atoms with Crippen LogP contribution in [0.5, 0.6) is 0 Å². The fourth-order valence-corrected chi connectivity index (χ4v) is 1.39. The van der Waals surface area contributed by atoms with E-state index < -0.39 is 18.5 Å². The van der Waals surface area contributed by atoms with Crippen LogP contribution >= 0.6 is 0 Å². The second-order valence-corrected chi connectivity index (χ2v) is 3.15. The number of methoxy groups -OCH3 is 1. The van der Waals surface area contributed by atoms with Crippen molar-refractivity contribution >= 4 is 0 Å². The number of nitrogens with zero attached hydrogens (tertiary/aromatic N) is 2. The van der Waals surface area contributed by atoms with Crippen LogP contribution < -0.4 is 10.6 Å². The lowest BCUT2D eigenvalue weighted by atomic mass is 10.00. The summed E-state index contributed by atoms with van der Waals surface area (Å²) in [4.78, 5) is 2.84. The molecule has 1 rings (SSSR count). The molecule has 0 aromatic rings. The first kappa shape index (κ1) is 11.2. The second kappa shape index (κ2) is 5.14. The van der Waals surface area contributed by atoms with Gasteiger partial charge < -0.3 is 20.3 Å². The molecule has 0 saturated carbocycles. The second-order valence-electron chi connectivity index (χ2n) is 3.15. The Hall–Kier alpha value is -0.850. The third-order valence-electron chi connectivity index (χ3n) is 2.21. The maximum absolute atomic E-state index is 9.61. The monoisotopic (exact) mass is 203 g/mol. The van der Waals surface area contributed by atoms with Crippen molar-refractivity contribution < 1.29 is 14.6 Å². The number of ether oxygens (including phenoxy) is 2. The Morgan fingerprint density at radius 1 is 1.79 bits per heavy atom. The first-order valence-electron chi connectivity index (χ1n) is 4.34. The fourth-order valence-electron chi connectivity index (χ4n) is 1.39. The van der Waals surface area contributed by atoms with Crippen LogP contribution in [0.4, 0.5) is 0 Å². The number of aliphatic hydroxyl groups excluding tert-OH is 1. The van der Waals surface area contributed by atoms with Crippen LogP contribution in [0.3, 0.4) is 0 Å². The standard InChI is InChI=1S/C7H15N4O3/c1-13-6-2-4(8)7(12)5(14-6)3-10-11-9/h4-7,9,12H,2-3,8H2,1H3/q+1. The molecule has 1 aliphatic rings. The minimum Gasteiger partial charge on any atom is -0.389 e. The molecule has 80 valence electrons. The number of nitrogens with two attached hydrogens (primary N) is 1. The van der Waals surface area contributed by atoms with Crippen molar-refractivity contribution in [3.8, 4) is 0 Å². The number of hydrogen-bond donors (Lipinski definition) is 3. The zero-order valence-corrected chi connectivity index (χ0v) is 7.96. The van der Waals surface area contributed by atoms with E-state index in [-0.39, 0.29) is 12.6 Å². The summed E-state index contributed by atoms with van der Waals surface area (Å²) in [7, 11) is 1.51. The Kier molecular flexibility index (Phi) is 4.12. The molecule has 14 heavy (non-hydrogen) atoms. The lowest BCUT2D eigenvalue weighted by molar-refractivity contribution is -0.213. The van der Waals surface area contributed by atoms with Crippen LogP contribution in [0.15, 0.2) is 5.11 Å². The molecule has 0 amide bonds. The van der Waals surface area contributed by atoms with Crippen molar-refractivity contribution in [3.05, 3.63) is 0 Å². The average molecular weight is 203 g/mol. The largest absolute Gasteiger partial charge is 0.389 e. The van der Waals surface area contributed by atoms with Crippen molar-refractivity contribution in [2.75, 3.05) is 13.7 Å². The quantitative estimate of drug-likeness (QED) is 0.402. The minimum absolute atomic E-state index is 0.123. The van der Waals surface area contributed by atoms with Gasteiger partial charge in [0.15, 0.2) is 12.8 Å². The van der Waals surface area contributed by atoms with E-state index in [0.29, 0.717) is 6.42 Å². The van der Waals surface area contributed by atoms with Gasteiger partial charge in [0.25, 0.3) is 0 Å². The lowest BCUT2D eigenvalue weighted by Gasteiger charge is -2.35. The number of aliphatic hydroxyl groups is 1. The molecule has 4 N–H and O–H groups in total. The van der Waals surface area contributed by atoms with Crippen LogP contribution in [0, 0.1) is 5.53 Å². The van der Waals surface area contributed by atoms with Crippen LogP contribution in [-0.2, 0) is 9.47 Å². The molecule has 1 fully saturated rings. The maximum atomic E-state index is 9.61. The predicted molar refractivity (Wildman–Crippen MR) is 46.4 cm³/mol.